The Balaban J connectivity index is 2.56. The van der Waals surface area contributed by atoms with E-state index in [-0.39, 0.29) is 0 Å². The van der Waals surface area contributed by atoms with Gasteiger partial charge in [-0.1, -0.05) is 18.2 Å². The van der Waals surface area contributed by atoms with Gasteiger partial charge in [-0.2, -0.15) is 0 Å². The lowest BCUT2D eigenvalue weighted by Crippen LogP contribution is -2.06. The second-order valence-electron chi connectivity index (χ2n) is 4.35. The van der Waals surface area contributed by atoms with E-state index in [1.165, 1.54) is 0 Å². The van der Waals surface area contributed by atoms with Crippen LogP contribution in [-0.4, -0.2) is 26.4 Å². The molecule has 0 radical (unpaired) electrons. The number of rotatable bonds is 5. The lowest BCUT2D eigenvalue weighted by molar-refractivity contribution is 0.211. The minimum absolute atomic E-state index is 0.475. The number of benzene rings is 2. The zero-order valence-electron chi connectivity index (χ0n) is 12.1. The molecular formula is C16H17IO4. The molecule has 2 aromatic rings. The predicted molar refractivity (Wildman–Crippen MR) is 89.3 cm³/mol. The van der Waals surface area contributed by atoms with Crippen molar-refractivity contribution in [3.8, 4) is 17.2 Å². The Morgan fingerprint density at radius 1 is 0.857 bits per heavy atom. The van der Waals surface area contributed by atoms with E-state index in [4.69, 9.17) is 14.2 Å². The average molecular weight is 400 g/mol. The van der Waals surface area contributed by atoms with E-state index >= 15 is 0 Å². The molecular weight excluding hydrogens is 383 g/mol. The summed E-state index contributed by atoms with van der Waals surface area (Å²) in [5.74, 6) is 1.51. The van der Waals surface area contributed by atoms with Crippen molar-refractivity contribution in [2.45, 2.75) is 6.10 Å². The summed E-state index contributed by atoms with van der Waals surface area (Å²) in [6.45, 7) is 0. The van der Waals surface area contributed by atoms with E-state index < -0.39 is 6.10 Å². The zero-order chi connectivity index (χ0) is 15.4. The monoisotopic (exact) mass is 400 g/mol. The zero-order valence-corrected chi connectivity index (χ0v) is 14.2. The Morgan fingerprint density at radius 3 is 2.10 bits per heavy atom. The third kappa shape index (κ3) is 3.08. The van der Waals surface area contributed by atoms with Gasteiger partial charge in [0.25, 0.3) is 0 Å². The van der Waals surface area contributed by atoms with Crippen LogP contribution in [0.2, 0.25) is 0 Å². The third-order valence-corrected chi connectivity index (χ3v) is 4.21. The Kier molecular flexibility index (Phi) is 5.30. The standard InChI is InChI=1S/C16H17IO4/c1-19-13-9-8-11(15(20-2)16(13)21-3)14(18)10-6-4-5-7-12(10)17/h4-9,14,18H,1-3H3. The van der Waals surface area contributed by atoms with Crippen molar-refractivity contribution in [3.05, 3.63) is 51.1 Å². The maximum absolute atomic E-state index is 10.7. The highest BCUT2D eigenvalue weighted by Crippen LogP contribution is 2.43. The maximum atomic E-state index is 10.7. The maximum Gasteiger partial charge on any atom is 0.203 e. The molecule has 0 aliphatic heterocycles. The van der Waals surface area contributed by atoms with E-state index in [0.717, 1.165) is 9.13 Å². The number of aliphatic hydroxyl groups is 1. The van der Waals surface area contributed by atoms with Gasteiger partial charge in [0.15, 0.2) is 11.5 Å². The van der Waals surface area contributed by atoms with E-state index in [1.807, 2.05) is 24.3 Å². The van der Waals surface area contributed by atoms with Crippen LogP contribution in [0.1, 0.15) is 17.2 Å². The van der Waals surface area contributed by atoms with Gasteiger partial charge in [0.05, 0.1) is 21.3 Å². The van der Waals surface area contributed by atoms with Gasteiger partial charge in [-0.05, 0) is 46.4 Å². The fraction of sp³-hybridized carbons (Fsp3) is 0.250. The minimum Gasteiger partial charge on any atom is -0.493 e. The number of hydrogen-bond donors (Lipinski definition) is 1. The van der Waals surface area contributed by atoms with Crippen LogP contribution in [0.3, 0.4) is 0 Å². The molecule has 0 saturated carbocycles. The Hall–Kier alpha value is -1.47. The minimum atomic E-state index is -0.798. The number of methoxy groups -OCH3 is 3. The molecule has 1 unspecified atom stereocenters. The van der Waals surface area contributed by atoms with Crippen LogP contribution in [0.4, 0.5) is 0 Å². The van der Waals surface area contributed by atoms with E-state index in [2.05, 4.69) is 22.6 Å². The predicted octanol–water partition coefficient (Wildman–Crippen LogP) is 3.40. The van der Waals surface area contributed by atoms with Crippen molar-refractivity contribution >= 4 is 22.6 Å². The fourth-order valence-electron chi connectivity index (χ4n) is 2.20. The highest BCUT2D eigenvalue weighted by atomic mass is 127. The lowest BCUT2D eigenvalue weighted by Gasteiger charge is -2.20. The average Bonchev–Trinajstić information content (AvgIpc) is 2.52. The van der Waals surface area contributed by atoms with Crippen molar-refractivity contribution in [2.24, 2.45) is 0 Å². The number of ether oxygens (including phenoxy) is 3. The molecule has 0 amide bonds. The van der Waals surface area contributed by atoms with E-state index in [9.17, 15) is 5.11 Å². The Bertz CT molecular complexity index is 628. The number of hydrogen-bond acceptors (Lipinski definition) is 4. The van der Waals surface area contributed by atoms with Crippen molar-refractivity contribution in [1.29, 1.82) is 0 Å². The Labute approximate surface area is 137 Å². The third-order valence-electron chi connectivity index (χ3n) is 3.23. The molecule has 0 aliphatic carbocycles. The van der Waals surface area contributed by atoms with Crippen LogP contribution >= 0.6 is 22.6 Å². The molecule has 112 valence electrons. The molecule has 1 N–H and O–H groups in total. The van der Waals surface area contributed by atoms with Gasteiger partial charge in [0.1, 0.15) is 6.10 Å². The summed E-state index contributed by atoms with van der Waals surface area (Å²) in [4.78, 5) is 0. The molecule has 2 rings (SSSR count). The second kappa shape index (κ2) is 7.00. The molecule has 0 bridgehead atoms. The quantitative estimate of drug-likeness (QED) is 0.782. The molecule has 0 fully saturated rings. The first-order chi connectivity index (χ1) is 10.1. The SMILES string of the molecule is COc1ccc(C(O)c2ccccc2I)c(OC)c1OC. The normalized spacial score (nSPS) is 11.9. The van der Waals surface area contributed by atoms with Crippen molar-refractivity contribution < 1.29 is 19.3 Å². The second-order valence-corrected chi connectivity index (χ2v) is 5.51. The van der Waals surface area contributed by atoms with Gasteiger partial charge in [0.2, 0.25) is 5.75 Å². The van der Waals surface area contributed by atoms with Gasteiger partial charge in [-0.15, -0.1) is 0 Å². The summed E-state index contributed by atoms with van der Waals surface area (Å²) in [5, 5.41) is 10.7. The van der Waals surface area contributed by atoms with E-state index in [0.29, 0.717) is 22.8 Å². The summed E-state index contributed by atoms with van der Waals surface area (Å²) < 4.78 is 17.0. The van der Waals surface area contributed by atoms with Crippen LogP contribution < -0.4 is 14.2 Å². The molecule has 0 saturated heterocycles. The van der Waals surface area contributed by atoms with Crippen molar-refractivity contribution in [1.82, 2.24) is 0 Å². The number of aliphatic hydroxyl groups excluding tert-OH is 1. The molecule has 4 nitrogen and oxygen atoms in total. The molecule has 0 heterocycles. The molecule has 2 aromatic carbocycles. The summed E-state index contributed by atoms with van der Waals surface area (Å²) in [6.07, 6.45) is -0.798. The molecule has 21 heavy (non-hydrogen) atoms. The topological polar surface area (TPSA) is 47.9 Å². The van der Waals surface area contributed by atoms with E-state index in [1.54, 1.807) is 33.5 Å². The van der Waals surface area contributed by atoms with Gasteiger partial charge in [-0.25, -0.2) is 0 Å². The van der Waals surface area contributed by atoms with Crippen LogP contribution in [0, 0.1) is 3.57 Å². The summed E-state index contributed by atoms with van der Waals surface area (Å²) in [7, 11) is 4.65. The van der Waals surface area contributed by atoms with Crippen molar-refractivity contribution in [3.63, 3.8) is 0 Å². The van der Waals surface area contributed by atoms with Gasteiger partial charge in [-0.3, -0.25) is 0 Å². The summed E-state index contributed by atoms with van der Waals surface area (Å²) in [6, 6.07) is 11.2. The summed E-state index contributed by atoms with van der Waals surface area (Å²) >= 11 is 2.20. The molecule has 0 aliphatic rings. The molecule has 0 aromatic heterocycles. The first-order valence-corrected chi connectivity index (χ1v) is 7.43. The smallest absolute Gasteiger partial charge is 0.203 e. The fourth-order valence-corrected chi connectivity index (χ4v) is 2.89. The first kappa shape index (κ1) is 15.9. The van der Waals surface area contributed by atoms with Crippen LogP contribution in [0.15, 0.2) is 36.4 Å². The molecule has 1 atom stereocenters. The molecule has 5 heteroatoms. The summed E-state index contributed by atoms with van der Waals surface area (Å²) in [5.41, 5.74) is 1.46. The highest BCUT2D eigenvalue weighted by molar-refractivity contribution is 14.1. The van der Waals surface area contributed by atoms with Crippen molar-refractivity contribution in [2.75, 3.05) is 21.3 Å². The van der Waals surface area contributed by atoms with Gasteiger partial charge in [0, 0.05) is 9.13 Å². The Morgan fingerprint density at radius 2 is 1.52 bits per heavy atom. The first-order valence-electron chi connectivity index (χ1n) is 6.35. The largest absolute Gasteiger partial charge is 0.493 e. The molecule has 0 spiro atoms. The van der Waals surface area contributed by atoms with Gasteiger partial charge < -0.3 is 19.3 Å². The lowest BCUT2D eigenvalue weighted by atomic mass is 10.00. The highest BCUT2D eigenvalue weighted by Gasteiger charge is 2.23. The van der Waals surface area contributed by atoms with Crippen LogP contribution in [0.5, 0.6) is 17.2 Å². The van der Waals surface area contributed by atoms with Gasteiger partial charge >= 0.3 is 0 Å². The number of halogens is 1. The van der Waals surface area contributed by atoms with Crippen LogP contribution in [-0.2, 0) is 0 Å². The van der Waals surface area contributed by atoms with Crippen LogP contribution in [0.25, 0.3) is 0 Å².